The fourth-order valence-corrected chi connectivity index (χ4v) is 5.28. The molecule has 0 radical (unpaired) electrons. The lowest BCUT2D eigenvalue weighted by atomic mass is 9.79. The van der Waals surface area contributed by atoms with Gasteiger partial charge in [0.15, 0.2) is 0 Å². The Balaban J connectivity index is 1.49. The predicted octanol–water partition coefficient (Wildman–Crippen LogP) is 1.87. The van der Waals surface area contributed by atoms with Crippen molar-refractivity contribution in [1.29, 1.82) is 0 Å². The van der Waals surface area contributed by atoms with Crippen LogP contribution in [0.15, 0.2) is 30.3 Å². The fourth-order valence-electron chi connectivity index (χ4n) is 4.23. The second-order valence-corrected chi connectivity index (χ2v) is 7.22. The standard InChI is InChI=1S/C16H16BrNO3/c17-13-9-6-10-12(16(20)21-14(10)13)11(9)15(19)18-7-8-4-2-1-3-5-8/h1-5,9-14H,6-7H2,(H,18,19)/t9-,10+,11+,12-,13+,14-/m0/s1. The zero-order valence-electron chi connectivity index (χ0n) is 11.4. The minimum absolute atomic E-state index is 0.0156. The Morgan fingerprint density at radius 1 is 1.29 bits per heavy atom. The first-order chi connectivity index (χ1) is 10.2. The molecular formula is C16H16BrNO3. The highest BCUT2D eigenvalue weighted by atomic mass is 79.9. The molecule has 1 N–H and O–H groups in total. The molecule has 1 saturated heterocycles. The first kappa shape index (κ1) is 13.3. The van der Waals surface area contributed by atoms with Gasteiger partial charge in [0, 0.05) is 12.5 Å². The van der Waals surface area contributed by atoms with Crippen molar-refractivity contribution in [3.8, 4) is 0 Å². The number of carbonyl (C=O) groups excluding carboxylic acids is 2. The second kappa shape index (κ2) is 4.83. The van der Waals surface area contributed by atoms with Gasteiger partial charge in [0.25, 0.3) is 0 Å². The molecule has 1 aliphatic heterocycles. The Labute approximate surface area is 131 Å². The van der Waals surface area contributed by atoms with Gasteiger partial charge >= 0.3 is 5.97 Å². The third kappa shape index (κ3) is 1.94. The van der Waals surface area contributed by atoms with Crippen molar-refractivity contribution < 1.29 is 14.3 Å². The molecule has 5 heteroatoms. The molecule has 2 saturated carbocycles. The van der Waals surface area contributed by atoms with Gasteiger partial charge in [-0.2, -0.15) is 0 Å². The summed E-state index contributed by atoms with van der Waals surface area (Å²) in [6.45, 7) is 0.506. The van der Waals surface area contributed by atoms with Crippen LogP contribution in [0.3, 0.4) is 0 Å². The van der Waals surface area contributed by atoms with E-state index >= 15 is 0 Å². The van der Waals surface area contributed by atoms with Gasteiger partial charge in [-0.1, -0.05) is 46.3 Å². The van der Waals surface area contributed by atoms with Crippen LogP contribution >= 0.6 is 15.9 Å². The van der Waals surface area contributed by atoms with Gasteiger partial charge in [0.2, 0.25) is 5.91 Å². The number of fused-ring (bicyclic) bond motifs is 1. The number of rotatable bonds is 3. The molecule has 1 aromatic carbocycles. The smallest absolute Gasteiger partial charge is 0.310 e. The predicted molar refractivity (Wildman–Crippen MR) is 79.5 cm³/mol. The molecular weight excluding hydrogens is 334 g/mol. The molecule has 21 heavy (non-hydrogen) atoms. The number of nitrogens with one attached hydrogen (secondary N) is 1. The largest absolute Gasteiger partial charge is 0.461 e. The molecule has 4 rings (SSSR count). The maximum atomic E-state index is 12.5. The molecule has 3 aliphatic rings. The number of halogens is 1. The van der Waals surface area contributed by atoms with E-state index in [1.807, 2.05) is 30.3 Å². The third-order valence-electron chi connectivity index (χ3n) is 5.14. The van der Waals surface area contributed by atoms with E-state index in [2.05, 4.69) is 21.2 Å². The summed E-state index contributed by atoms with van der Waals surface area (Å²) in [6.07, 6.45) is 0.895. The van der Waals surface area contributed by atoms with Gasteiger partial charge in [0.1, 0.15) is 6.10 Å². The van der Waals surface area contributed by atoms with Gasteiger partial charge < -0.3 is 10.1 Å². The molecule has 6 atom stereocenters. The minimum atomic E-state index is -0.241. The summed E-state index contributed by atoms with van der Waals surface area (Å²) in [4.78, 5) is 24.7. The van der Waals surface area contributed by atoms with Crippen molar-refractivity contribution in [2.45, 2.75) is 23.9 Å². The molecule has 0 aromatic heterocycles. The normalized spacial score (nSPS) is 39.4. The maximum absolute atomic E-state index is 12.5. The monoisotopic (exact) mass is 349 g/mol. The van der Waals surface area contributed by atoms with E-state index in [9.17, 15) is 9.59 Å². The Hall–Kier alpha value is -1.36. The molecule has 0 spiro atoms. The van der Waals surface area contributed by atoms with Crippen molar-refractivity contribution in [3.05, 3.63) is 35.9 Å². The molecule has 0 unspecified atom stereocenters. The van der Waals surface area contributed by atoms with Crippen LogP contribution in [0.4, 0.5) is 0 Å². The van der Waals surface area contributed by atoms with Crippen LogP contribution in [0.2, 0.25) is 0 Å². The Kier molecular flexibility index (Phi) is 3.06. The number of carbonyl (C=O) groups is 2. The van der Waals surface area contributed by atoms with E-state index in [1.165, 1.54) is 0 Å². The number of alkyl halides is 1. The molecule has 1 amide bonds. The molecule has 2 aliphatic carbocycles. The molecule has 1 aromatic rings. The van der Waals surface area contributed by atoms with Crippen LogP contribution < -0.4 is 5.32 Å². The number of benzene rings is 1. The van der Waals surface area contributed by atoms with Gasteiger partial charge in [0.05, 0.1) is 16.7 Å². The SMILES string of the molecule is O=C(NCc1ccccc1)[C@@H]1[C@@H]2C[C@H]3[C@H](OC(=O)[C@@H]31)[C@@H]2Br. The van der Waals surface area contributed by atoms with Crippen LogP contribution in [-0.2, 0) is 20.9 Å². The lowest BCUT2D eigenvalue weighted by Crippen LogP contribution is -2.43. The number of amides is 1. The van der Waals surface area contributed by atoms with E-state index in [1.54, 1.807) is 0 Å². The quantitative estimate of drug-likeness (QED) is 0.669. The summed E-state index contributed by atoms with van der Waals surface area (Å²) < 4.78 is 5.43. The third-order valence-corrected chi connectivity index (χ3v) is 6.34. The molecule has 1 heterocycles. The van der Waals surface area contributed by atoms with Gasteiger partial charge in [-0.3, -0.25) is 9.59 Å². The van der Waals surface area contributed by atoms with Gasteiger partial charge in [-0.15, -0.1) is 0 Å². The zero-order chi connectivity index (χ0) is 14.6. The van der Waals surface area contributed by atoms with E-state index in [-0.39, 0.29) is 46.5 Å². The van der Waals surface area contributed by atoms with E-state index in [4.69, 9.17) is 4.74 Å². The summed E-state index contributed by atoms with van der Waals surface area (Å²) >= 11 is 3.62. The summed E-state index contributed by atoms with van der Waals surface area (Å²) in [5.74, 6) is -0.238. The summed E-state index contributed by atoms with van der Waals surface area (Å²) in [5.41, 5.74) is 1.07. The van der Waals surface area contributed by atoms with Crippen molar-refractivity contribution in [3.63, 3.8) is 0 Å². The van der Waals surface area contributed by atoms with Crippen molar-refractivity contribution in [2.24, 2.45) is 23.7 Å². The lowest BCUT2D eigenvalue weighted by molar-refractivity contribution is -0.145. The first-order valence-corrected chi connectivity index (χ1v) is 8.24. The zero-order valence-corrected chi connectivity index (χ0v) is 13.0. The van der Waals surface area contributed by atoms with Crippen LogP contribution in [0.1, 0.15) is 12.0 Å². The summed E-state index contributed by atoms with van der Waals surface area (Å²) in [6, 6.07) is 9.81. The first-order valence-electron chi connectivity index (χ1n) is 7.33. The second-order valence-electron chi connectivity index (χ2n) is 6.16. The van der Waals surface area contributed by atoms with Crippen molar-refractivity contribution in [1.82, 2.24) is 5.32 Å². The average Bonchev–Trinajstić information content (AvgIpc) is 3.10. The maximum Gasteiger partial charge on any atom is 0.310 e. The number of ether oxygens (including phenoxy) is 1. The molecule has 3 fully saturated rings. The van der Waals surface area contributed by atoms with Crippen LogP contribution in [0.25, 0.3) is 0 Å². The number of hydrogen-bond donors (Lipinski definition) is 1. The highest BCUT2D eigenvalue weighted by Crippen LogP contribution is 2.59. The number of hydrogen-bond acceptors (Lipinski definition) is 3. The summed E-state index contributed by atoms with van der Waals surface area (Å²) in [5, 5.41) is 2.98. The molecule has 110 valence electrons. The highest BCUT2D eigenvalue weighted by Gasteiger charge is 2.67. The Morgan fingerprint density at radius 3 is 2.81 bits per heavy atom. The van der Waals surface area contributed by atoms with Crippen molar-refractivity contribution in [2.75, 3.05) is 0 Å². The molecule has 4 nitrogen and oxygen atoms in total. The topological polar surface area (TPSA) is 55.4 Å². The minimum Gasteiger partial charge on any atom is -0.461 e. The fraction of sp³-hybridized carbons (Fsp3) is 0.500. The van der Waals surface area contributed by atoms with E-state index in [0.29, 0.717) is 6.54 Å². The Morgan fingerprint density at radius 2 is 2.05 bits per heavy atom. The highest BCUT2D eigenvalue weighted by molar-refractivity contribution is 9.09. The van der Waals surface area contributed by atoms with Gasteiger partial charge in [-0.25, -0.2) is 0 Å². The lowest BCUT2D eigenvalue weighted by Gasteiger charge is -2.27. The summed E-state index contributed by atoms with van der Waals surface area (Å²) in [7, 11) is 0. The number of esters is 1. The average molecular weight is 350 g/mol. The Bertz CT molecular complexity index is 590. The van der Waals surface area contributed by atoms with Gasteiger partial charge in [-0.05, 0) is 17.9 Å². The van der Waals surface area contributed by atoms with E-state index < -0.39 is 0 Å². The van der Waals surface area contributed by atoms with E-state index in [0.717, 1.165) is 12.0 Å². The molecule has 2 bridgehead atoms. The van der Waals surface area contributed by atoms with Crippen molar-refractivity contribution >= 4 is 27.8 Å². The van der Waals surface area contributed by atoms with Crippen LogP contribution in [-0.4, -0.2) is 22.8 Å². The van der Waals surface area contributed by atoms with Crippen LogP contribution in [0.5, 0.6) is 0 Å². The van der Waals surface area contributed by atoms with Crippen LogP contribution in [0, 0.1) is 23.7 Å².